The van der Waals surface area contributed by atoms with E-state index in [1.54, 1.807) is 20.8 Å². The summed E-state index contributed by atoms with van der Waals surface area (Å²) in [5.74, 6) is -1.64. The summed E-state index contributed by atoms with van der Waals surface area (Å²) in [5.41, 5.74) is -0.233. The van der Waals surface area contributed by atoms with E-state index < -0.39 is 29.4 Å². The van der Waals surface area contributed by atoms with Gasteiger partial charge in [0, 0.05) is 18.5 Å². The Labute approximate surface area is 128 Å². The first-order chi connectivity index (χ1) is 10.2. The van der Waals surface area contributed by atoms with Crippen molar-refractivity contribution in [2.75, 3.05) is 6.54 Å². The van der Waals surface area contributed by atoms with Gasteiger partial charge in [-0.15, -0.1) is 0 Å². The summed E-state index contributed by atoms with van der Waals surface area (Å²) in [5, 5.41) is 0. The predicted octanol–water partition coefficient (Wildman–Crippen LogP) is 3.26. The molecule has 0 aromatic heterocycles. The highest BCUT2D eigenvalue weighted by Crippen LogP contribution is 2.32. The van der Waals surface area contributed by atoms with Gasteiger partial charge in [-0.1, -0.05) is 0 Å². The number of hydrogen-bond acceptors (Lipinski definition) is 3. The maximum Gasteiger partial charge on any atom is 0.410 e. The topological polar surface area (TPSA) is 46.6 Å². The number of amides is 1. The van der Waals surface area contributed by atoms with E-state index in [4.69, 9.17) is 4.74 Å². The lowest BCUT2D eigenvalue weighted by Gasteiger charge is -2.26. The van der Waals surface area contributed by atoms with Crippen LogP contribution < -0.4 is 0 Å². The molecule has 1 heterocycles. The second-order valence-electron chi connectivity index (χ2n) is 6.47. The van der Waals surface area contributed by atoms with Crippen molar-refractivity contribution in [3.05, 3.63) is 35.4 Å². The lowest BCUT2D eigenvalue weighted by molar-refractivity contribution is -0.111. The Morgan fingerprint density at radius 2 is 1.86 bits per heavy atom. The highest BCUT2D eigenvalue weighted by atomic mass is 19.1. The van der Waals surface area contributed by atoms with Crippen molar-refractivity contribution in [2.45, 2.75) is 44.8 Å². The van der Waals surface area contributed by atoms with Gasteiger partial charge in [0.2, 0.25) is 0 Å². The zero-order valence-electron chi connectivity index (χ0n) is 12.8. The predicted molar refractivity (Wildman–Crippen MR) is 76.5 cm³/mol. The number of benzene rings is 1. The van der Waals surface area contributed by atoms with Crippen LogP contribution in [0.5, 0.6) is 0 Å². The second kappa shape index (κ2) is 6.02. The molecule has 1 fully saturated rings. The zero-order chi connectivity index (χ0) is 16.5. The lowest BCUT2D eigenvalue weighted by Crippen LogP contribution is -2.40. The number of ether oxygens (including phenoxy) is 1. The smallest absolute Gasteiger partial charge is 0.410 e. The Bertz CT molecular complexity index is 563. The molecule has 0 radical (unpaired) electrons. The summed E-state index contributed by atoms with van der Waals surface area (Å²) < 4.78 is 31.9. The molecule has 0 spiro atoms. The van der Waals surface area contributed by atoms with Crippen LogP contribution in [0.15, 0.2) is 18.2 Å². The molecule has 0 N–H and O–H groups in total. The third-order valence-corrected chi connectivity index (χ3v) is 3.48. The Morgan fingerprint density at radius 3 is 2.36 bits per heavy atom. The molecule has 1 aromatic rings. The Balaban J connectivity index is 2.18. The third-order valence-electron chi connectivity index (χ3n) is 3.48. The summed E-state index contributed by atoms with van der Waals surface area (Å²) in [7, 11) is 0. The fourth-order valence-corrected chi connectivity index (χ4v) is 2.58. The molecule has 22 heavy (non-hydrogen) atoms. The van der Waals surface area contributed by atoms with Gasteiger partial charge in [0.05, 0.1) is 6.04 Å². The maximum absolute atomic E-state index is 13.3. The lowest BCUT2D eigenvalue weighted by atomic mass is 9.96. The van der Waals surface area contributed by atoms with Gasteiger partial charge in [-0.3, -0.25) is 4.90 Å². The number of carbonyl (C=O) groups excluding carboxylic acids is 2. The summed E-state index contributed by atoms with van der Waals surface area (Å²) in [6.07, 6.45) is 0.398. The average molecular weight is 311 g/mol. The van der Waals surface area contributed by atoms with E-state index in [1.165, 1.54) is 17.0 Å². The van der Waals surface area contributed by atoms with Crippen molar-refractivity contribution in [3.8, 4) is 0 Å². The van der Waals surface area contributed by atoms with Gasteiger partial charge in [-0.05, 0) is 44.9 Å². The van der Waals surface area contributed by atoms with Crippen molar-refractivity contribution in [3.63, 3.8) is 0 Å². The van der Waals surface area contributed by atoms with E-state index in [1.807, 2.05) is 0 Å². The van der Waals surface area contributed by atoms with E-state index in [2.05, 4.69) is 0 Å². The highest BCUT2D eigenvalue weighted by molar-refractivity contribution is 5.75. The van der Waals surface area contributed by atoms with Crippen LogP contribution in [-0.4, -0.2) is 35.5 Å². The number of aldehydes is 1. The standard InChI is InChI=1S/C16H19F2NO3/c1-16(2,3)22-15(21)19-8-11(6-14(19)9-20)10-4-12(17)7-13(18)5-10/h4-5,7,9,11,14H,6,8H2,1-3H3/t11-,14+/m0/s1. The maximum atomic E-state index is 13.3. The molecule has 1 saturated heterocycles. The molecule has 0 bridgehead atoms. The minimum Gasteiger partial charge on any atom is -0.444 e. The quantitative estimate of drug-likeness (QED) is 0.788. The molecular weight excluding hydrogens is 292 g/mol. The van der Waals surface area contributed by atoms with Crippen LogP contribution in [0.2, 0.25) is 0 Å². The Kier molecular flexibility index (Phi) is 4.49. The molecule has 0 saturated carbocycles. The monoisotopic (exact) mass is 311 g/mol. The molecule has 1 aromatic carbocycles. The molecule has 2 rings (SSSR count). The molecule has 0 unspecified atom stereocenters. The van der Waals surface area contributed by atoms with Crippen LogP contribution in [0, 0.1) is 11.6 Å². The summed E-state index contributed by atoms with van der Waals surface area (Å²) in [4.78, 5) is 24.6. The van der Waals surface area contributed by atoms with E-state index in [0.717, 1.165) is 6.07 Å². The van der Waals surface area contributed by atoms with Gasteiger partial charge in [-0.25, -0.2) is 13.6 Å². The first-order valence-electron chi connectivity index (χ1n) is 7.10. The molecule has 4 nitrogen and oxygen atoms in total. The van der Waals surface area contributed by atoms with Gasteiger partial charge in [0.25, 0.3) is 0 Å². The highest BCUT2D eigenvalue weighted by Gasteiger charge is 2.38. The first kappa shape index (κ1) is 16.4. The van der Waals surface area contributed by atoms with Crippen molar-refractivity contribution >= 4 is 12.4 Å². The van der Waals surface area contributed by atoms with Crippen molar-refractivity contribution in [2.24, 2.45) is 0 Å². The van der Waals surface area contributed by atoms with E-state index in [9.17, 15) is 18.4 Å². The summed E-state index contributed by atoms with van der Waals surface area (Å²) in [6.45, 7) is 5.39. The largest absolute Gasteiger partial charge is 0.444 e. The number of likely N-dealkylation sites (tertiary alicyclic amines) is 1. The Hall–Kier alpha value is -1.98. The van der Waals surface area contributed by atoms with E-state index in [-0.39, 0.29) is 12.5 Å². The van der Waals surface area contributed by atoms with Crippen molar-refractivity contribution in [1.29, 1.82) is 0 Å². The van der Waals surface area contributed by atoms with Crippen molar-refractivity contribution in [1.82, 2.24) is 4.90 Å². The number of nitrogens with zero attached hydrogens (tertiary/aromatic N) is 1. The van der Waals surface area contributed by atoms with Gasteiger partial charge >= 0.3 is 6.09 Å². The van der Waals surface area contributed by atoms with Gasteiger partial charge in [0.15, 0.2) is 0 Å². The number of hydrogen-bond donors (Lipinski definition) is 0. The molecule has 0 aliphatic carbocycles. The SMILES string of the molecule is CC(C)(C)OC(=O)N1C[C@@H](c2cc(F)cc(F)c2)C[C@@H]1C=O. The van der Waals surface area contributed by atoms with Crippen LogP contribution in [0.3, 0.4) is 0 Å². The Morgan fingerprint density at radius 1 is 1.27 bits per heavy atom. The summed E-state index contributed by atoms with van der Waals surface area (Å²) in [6, 6.07) is 2.61. The fraction of sp³-hybridized carbons (Fsp3) is 0.500. The minimum atomic E-state index is -0.673. The molecule has 1 aliphatic heterocycles. The molecule has 120 valence electrons. The normalized spacial score (nSPS) is 21.8. The van der Waals surface area contributed by atoms with Gasteiger partial charge < -0.3 is 9.53 Å². The second-order valence-corrected chi connectivity index (χ2v) is 6.47. The van der Waals surface area contributed by atoms with E-state index in [0.29, 0.717) is 18.3 Å². The van der Waals surface area contributed by atoms with Crippen LogP contribution in [-0.2, 0) is 9.53 Å². The number of halogens is 2. The van der Waals surface area contributed by atoms with Crippen LogP contribution >= 0.6 is 0 Å². The molecule has 1 amide bonds. The summed E-state index contributed by atoms with van der Waals surface area (Å²) >= 11 is 0. The number of carbonyl (C=O) groups is 2. The first-order valence-corrected chi connectivity index (χ1v) is 7.10. The minimum absolute atomic E-state index is 0.196. The van der Waals surface area contributed by atoms with Crippen LogP contribution in [0.4, 0.5) is 13.6 Å². The number of rotatable bonds is 2. The average Bonchev–Trinajstić information content (AvgIpc) is 2.79. The zero-order valence-corrected chi connectivity index (χ0v) is 12.8. The molecular formula is C16H19F2NO3. The van der Waals surface area contributed by atoms with Crippen LogP contribution in [0.1, 0.15) is 38.7 Å². The van der Waals surface area contributed by atoms with E-state index >= 15 is 0 Å². The van der Waals surface area contributed by atoms with Crippen molar-refractivity contribution < 1.29 is 23.1 Å². The fourth-order valence-electron chi connectivity index (χ4n) is 2.58. The van der Waals surface area contributed by atoms with Gasteiger partial charge in [0.1, 0.15) is 23.5 Å². The molecule has 2 atom stereocenters. The molecule has 1 aliphatic rings. The van der Waals surface area contributed by atoms with Crippen LogP contribution in [0.25, 0.3) is 0 Å². The third kappa shape index (κ3) is 3.81. The van der Waals surface area contributed by atoms with Gasteiger partial charge in [-0.2, -0.15) is 0 Å². The molecule has 6 heteroatoms.